The van der Waals surface area contributed by atoms with E-state index in [2.05, 4.69) is 21.9 Å². The van der Waals surface area contributed by atoms with Crippen LogP contribution < -0.4 is 0 Å². The summed E-state index contributed by atoms with van der Waals surface area (Å²) in [7, 11) is -1.46. The van der Waals surface area contributed by atoms with Gasteiger partial charge in [0.2, 0.25) is 10.0 Å². The van der Waals surface area contributed by atoms with Gasteiger partial charge in [0.1, 0.15) is 0 Å². The number of benzene rings is 1. The fourth-order valence-corrected chi connectivity index (χ4v) is 5.48. The van der Waals surface area contributed by atoms with Crippen molar-refractivity contribution in [3.05, 3.63) is 66.0 Å². The summed E-state index contributed by atoms with van der Waals surface area (Å²) in [6.07, 6.45) is 4.35. The molecule has 6 nitrogen and oxygen atoms in total. The fraction of sp³-hybridized carbons (Fsp3) is 0.364. The smallest absolute Gasteiger partial charge is 0.243 e. The van der Waals surface area contributed by atoms with Crippen LogP contribution in [0.5, 0.6) is 0 Å². The molecule has 1 aliphatic rings. The molecule has 0 aliphatic carbocycles. The Labute approximate surface area is 172 Å². The SMILES string of the molecule is Cc1ccc(S(=O)(=O)N2CCN(C)CC(Cc3ccnc4cccnc34)C2)cc1. The lowest BCUT2D eigenvalue weighted by atomic mass is 9.98. The Morgan fingerprint density at radius 3 is 2.59 bits per heavy atom. The third-order valence-electron chi connectivity index (χ3n) is 5.51. The minimum absolute atomic E-state index is 0.176. The van der Waals surface area contributed by atoms with E-state index in [-0.39, 0.29) is 5.92 Å². The number of aryl methyl sites for hydroxylation is 1. The molecule has 0 bridgehead atoms. The van der Waals surface area contributed by atoms with Gasteiger partial charge in [-0.05, 0) is 62.2 Å². The van der Waals surface area contributed by atoms with Crippen molar-refractivity contribution in [2.24, 2.45) is 5.92 Å². The number of pyridine rings is 2. The average Bonchev–Trinajstić information content (AvgIpc) is 2.90. The van der Waals surface area contributed by atoms with Gasteiger partial charge in [-0.15, -0.1) is 0 Å². The van der Waals surface area contributed by atoms with Crippen molar-refractivity contribution in [2.75, 3.05) is 33.2 Å². The second-order valence-corrected chi connectivity index (χ2v) is 9.79. The molecule has 152 valence electrons. The summed E-state index contributed by atoms with van der Waals surface area (Å²) in [5.41, 5.74) is 3.93. The normalized spacial score (nSPS) is 19.3. The molecule has 3 heterocycles. The van der Waals surface area contributed by atoms with Gasteiger partial charge in [-0.3, -0.25) is 9.97 Å². The molecule has 4 rings (SSSR count). The lowest BCUT2D eigenvalue weighted by Gasteiger charge is -2.24. The van der Waals surface area contributed by atoms with E-state index < -0.39 is 10.0 Å². The lowest BCUT2D eigenvalue weighted by Crippen LogP contribution is -2.36. The fourth-order valence-electron chi connectivity index (χ4n) is 3.97. The van der Waals surface area contributed by atoms with Crippen molar-refractivity contribution in [3.63, 3.8) is 0 Å². The third kappa shape index (κ3) is 4.32. The van der Waals surface area contributed by atoms with Crippen molar-refractivity contribution in [2.45, 2.75) is 18.2 Å². The number of hydrogen-bond acceptors (Lipinski definition) is 5. The quantitative estimate of drug-likeness (QED) is 0.662. The van der Waals surface area contributed by atoms with Crippen molar-refractivity contribution in [3.8, 4) is 0 Å². The number of rotatable bonds is 4. The molecule has 2 aromatic heterocycles. The standard InChI is InChI=1S/C22H26N4O2S/c1-17-5-7-20(8-6-17)29(27,28)26-13-12-25(2)15-18(16-26)14-19-9-11-23-21-4-3-10-24-22(19)21/h3-11,18H,12-16H2,1-2H3. The Bertz CT molecular complexity index is 1090. The van der Waals surface area contributed by atoms with E-state index in [1.54, 1.807) is 28.8 Å². The maximum atomic E-state index is 13.3. The molecule has 1 aliphatic heterocycles. The van der Waals surface area contributed by atoms with Crippen LogP contribution in [0.15, 0.2) is 59.8 Å². The summed E-state index contributed by atoms with van der Waals surface area (Å²) in [6, 6.07) is 12.9. The van der Waals surface area contributed by atoms with Gasteiger partial charge in [0.15, 0.2) is 0 Å². The summed E-state index contributed by atoms with van der Waals surface area (Å²) in [5.74, 6) is 0.176. The number of likely N-dealkylation sites (N-methyl/N-ethyl adjacent to an activating group) is 1. The minimum Gasteiger partial charge on any atom is -0.305 e. The molecule has 0 N–H and O–H groups in total. The van der Waals surface area contributed by atoms with E-state index >= 15 is 0 Å². The second-order valence-electron chi connectivity index (χ2n) is 7.85. The Balaban J connectivity index is 1.61. The maximum absolute atomic E-state index is 13.3. The summed E-state index contributed by atoms with van der Waals surface area (Å²) in [4.78, 5) is 11.5. The van der Waals surface area contributed by atoms with Crippen LogP contribution >= 0.6 is 0 Å². The maximum Gasteiger partial charge on any atom is 0.243 e. The molecule has 3 aromatic rings. The zero-order valence-electron chi connectivity index (χ0n) is 16.8. The number of fused-ring (bicyclic) bond motifs is 1. The monoisotopic (exact) mass is 410 g/mol. The van der Waals surface area contributed by atoms with Crippen LogP contribution in [0.2, 0.25) is 0 Å². The second kappa shape index (κ2) is 8.18. The molecule has 1 unspecified atom stereocenters. The van der Waals surface area contributed by atoms with E-state index in [1.807, 2.05) is 37.3 Å². The van der Waals surface area contributed by atoms with Gasteiger partial charge in [0.05, 0.1) is 15.9 Å². The number of hydrogen-bond donors (Lipinski definition) is 0. The molecule has 0 saturated carbocycles. The highest BCUT2D eigenvalue weighted by atomic mass is 32.2. The molecule has 1 fully saturated rings. The summed E-state index contributed by atoms with van der Waals surface area (Å²) in [5, 5.41) is 0. The van der Waals surface area contributed by atoms with E-state index in [9.17, 15) is 8.42 Å². The molecule has 1 aromatic carbocycles. The van der Waals surface area contributed by atoms with Gasteiger partial charge < -0.3 is 4.90 Å². The summed E-state index contributed by atoms with van der Waals surface area (Å²) in [6.45, 7) is 4.52. The van der Waals surface area contributed by atoms with Gasteiger partial charge in [0, 0.05) is 38.6 Å². The van der Waals surface area contributed by atoms with E-state index in [1.165, 1.54) is 0 Å². The van der Waals surface area contributed by atoms with Crippen molar-refractivity contribution >= 4 is 21.1 Å². The van der Waals surface area contributed by atoms with E-state index in [4.69, 9.17) is 0 Å². The van der Waals surface area contributed by atoms with E-state index in [0.717, 1.165) is 41.7 Å². The molecule has 0 spiro atoms. The Kier molecular flexibility index (Phi) is 5.63. The van der Waals surface area contributed by atoms with Crippen molar-refractivity contribution in [1.82, 2.24) is 19.2 Å². The number of aromatic nitrogens is 2. The van der Waals surface area contributed by atoms with Crippen LogP contribution in [0.25, 0.3) is 11.0 Å². The van der Waals surface area contributed by atoms with Crippen LogP contribution in [0.4, 0.5) is 0 Å². The van der Waals surface area contributed by atoms with Gasteiger partial charge in [-0.2, -0.15) is 4.31 Å². The van der Waals surface area contributed by atoms with Gasteiger partial charge >= 0.3 is 0 Å². The number of sulfonamides is 1. The first-order valence-electron chi connectivity index (χ1n) is 9.87. The molecule has 7 heteroatoms. The third-order valence-corrected chi connectivity index (χ3v) is 7.39. The van der Waals surface area contributed by atoms with Crippen molar-refractivity contribution in [1.29, 1.82) is 0 Å². The Morgan fingerprint density at radius 2 is 1.79 bits per heavy atom. The molecule has 29 heavy (non-hydrogen) atoms. The highest BCUT2D eigenvalue weighted by Gasteiger charge is 2.30. The first kappa shape index (κ1) is 19.9. The van der Waals surface area contributed by atoms with Gasteiger partial charge in [0.25, 0.3) is 0 Å². The molecular weight excluding hydrogens is 384 g/mol. The molecular formula is C22H26N4O2S. The highest BCUT2D eigenvalue weighted by Crippen LogP contribution is 2.24. The van der Waals surface area contributed by atoms with Crippen LogP contribution in [0.1, 0.15) is 11.1 Å². The van der Waals surface area contributed by atoms with E-state index in [0.29, 0.717) is 18.0 Å². The predicted octanol–water partition coefficient (Wildman–Crippen LogP) is 2.73. The topological polar surface area (TPSA) is 66.4 Å². The summed E-state index contributed by atoms with van der Waals surface area (Å²) >= 11 is 0. The number of nitrogens with zero attached hydrogens (tertiary/aromatic N) is 4. The first-order chi connectivity index (χ1) is 13.9. The van der Waals surface area contributed by atoms with Gasteiger partial charge in [-0.1, -0.05) is 17.7 Å². The molecule has 1 saturated heterocycles. The summed E-state index contributed by atoms with van der Waals surface area (Å²) < 4.78 is 28.1. The largest absolute Gasteiger partial charge is 0.305 e. The Hall–Kier alpha value is -2.35. The molecule has 0 radical (unpaired) electrons. The van der Waals surface area contributed by atoms with Crippen LogP contribution in [0, 0.1) is 12.8 Å². The Morgan fingerprint density at radius 1 is 1.00 bits per heavy atom. The lowest BCUT2D eigenvalue weighted by molar-refractivity contribution is 0.308. The first-order valence-corrected chi connectivity index (χ1v) is 11.3. The minimum atomic E-state index is -3.51. The highest BCUT2D eigenvalue weighted by molar-refractivity contribution is 7.89. The van der Waals surface area contributed by atoms with Gasteiger partial charge in [-0.25, -0.2) is 8.42 Å². The zero-order valence-corrected chi connectivity index (χ0v) is 17.6. The molecule has 1 atom stereocenters. The zero-order chi connectivity index (χ0) is 20.4. The van der Waals surface area contributed by atoms with Crippen LogP contribution in [-0.2, 0) is 16.4 Å². The predicted molar refractivity (Wildman–Crippen MR) is 114 cm³/mol. The molecule has 0 amide bonds. The van der Waals surface area contributed by atoms with Crippen LogP contribution in [-0.4, -0.2) is 60.8 Å². The van der Waals surface area contributed by atoms with Crippen molar-refractivity contribution < 1.29 is 8.42 Å². The average molecular weight is 411 g/mol. The van der Waals surface area contributed by atoms with Crippen LogP contribution in [0.3, 0.4) is 0 Å².